The van der Waals surface area contributed by atoms with Gasteiger partial charge in [-0.2, -0.15) is 0 Å². The third-order valence-electron chi connectivity index (χ3n) is 3.97. The topological polar surface area (TPSA) is 27.7 Å². The zero-order valence-electron chi connectivity index (χ0n) is 14.4. The van der Waals surface area contributed by atoms with Crippen molar-refractivity contribution in [2.75, 3.05) is 13.2 Å². The van der Waals surface area contributed by atoms with Gasteiger partial charge in [0.1, 0.15) is 12.4 Å². The van der Waals surface area contributed by atoms with E-state index < -0.39 is 0 Å². The smallest absolute Gasteiger partial charge is 0.487 e. The van der Waals surface area contributed by atoms with Crippen LogP contribution < -0.4 is 10.2 Å². The van der Waals surface area contributed by atoms with Crippen molar-refractivity contribution in [2.24, 2.45) is 5.41 Å². The molecule has 0 bridgehead atoms. The Kier molecular flexibility index (Phi) is 5.39. The van der Waals surface area contributed by atoms with Gasteiger partial charge in [0.05, 0.1) is 5.02 Å². The molecular weight excluding hydrogens is 334 g/mol. The highest BCUT2D eigenvalue weighted by molar-refractivity contribution is 6.61. The van der Waals surface area contributed by atoms with Gasteiger partial charge < -0.3 is 14.0 Å². The number of rotatable bonds is 4. The fourth-order valence-corrected chi connectivity index (χ4v) is 2.82. The van der Waals surface area contributed by atoms with Gasteiger partial charge in [0.15, 0.2) is 0 Å². The van der Waals surface area contributed by atoms with Crippen molar-refractivity contribution >= 4 is 24.2 Å². The SMILES string of the molecule is C#Cc1cccc(COc2ccc(B3OCC(C)(C)CO3)cc2Cl)c1. The summed E-state index contributed by atoms with van der Waals surface area (Å²) in [5, 5.41) is 0.530. The molecule has 3 nitrogen and oxygen atoms in total. The average Bonchev–Trinajstić information content (AvgIpc) is 2.61. The predicted molar refractivity (Wildman–Crippen MR) is 101 cm³/mol. The zero-order valence-corrected chi connectivity index (χ0v) is 15.2. The minimum Gasteiger partial charge on any atom is -0.487 e. The van der Waals surface area contributed by atoms with Crippen molar-refractivity contribution in [3.05, 3.63) is 58.6 Å². The van der Waals surface area contributed by atoms with Gasteiger partial charge in [0.25, 0.3) is 0 Å². The zero-order chi connectivity index (χ0) is 17.9. The molecule has 0 spiro atoms. The van der Waals surface area contributed by atoms with Crippen LogP contribution in [0, 0.1) is 17.8 Å². The van der Waals surface area contributed by atoms with Crippen LogP contribution in [-0.4, -0.2) is 20.3 Å². The highest BCUT2D eigenvalue weighted by Crippen LogP contribution is 2.26. The van der Waals surface area contributed by atoms with Gasteiger partial charge in [-0.05, 0) is 35.3 Å². The van der Waals surface area contributed by atoms with Crippen molar-refractivity contribution in [3.8, 4) is 18.1 Å². The third-order valence-corrected chi connectivity index (χ3v) is 4.26. The van der Waals surface area contributed by atoms with Crippen molar-refractivity contribution in [1.29, 1.82) is 0 Å². The molecule has 1 fully saturated rings. The Hall–Kier alpha value is -1.93. The summed E-state index contributed by atoms with van der Waals surface area (Å²) >= 11 is 6.36. The van der Waals surface area contributed by atoms with Gasteiger partial charge in [-0.3, -0.25) is 0 Å². The number of hydrogen-bond donors (Lipinski definition) is 0. The highest BCUT2D eigenvalue weighted by Gasteiger charge is 2.33. The van der Waals surface area contributed by atoms with Crippen LogP contribution >= 0.6 is 11.6 Å². The molecular formula is C20H20BClO3. The molecule has 1 aliphatic heterocycles. The Bertz CT molecular complexity index is 788. The first kappa shape index (κ1) is 17.9. The van der Waals surface area contributed by atoms with Crippen LogP contribution in [0.4, 0.5) is 0 Å². The molecule has 0 aromatic heterocycles. The quantitative estimate of drug-likeness (QED) is 0.619. The summed E-state index contributed by atoms with van der Waals surface area (Å²) in [7, 11) is -0.383. The van der Waals surface area contributed by atoms with Crippen LogP contribution in [0.1, 0.15) is 25.0 Å². The van der Waals surface area contributed by atoms with Crippen LogP contribution in [0.3, 0.4) is 0 Å². The molecule has 1 aliphatic rings. The Morgan fingerprint density at radius 3 is 2.64 bits per heavy atom. The molecule has 2 aromatic carbocycles. The lowest BCUT2D eigenvalue weighted by Crippen LogP contribution is -2.47. The molecule has 0 atom stereocenters. The van der Waals surface area contributed by atoms with Crippen LogP contribution in [-0.2, 0) is 15.9 Å². The summed E-state index contributed by atoms with van der Waals surface area (Å²) in [6.07, 6.45) is 5.42. The highest BCUT2D eigenvalue weighted by atomic mass is 35.5. The minimum absolute atomic E-state index is 0.0380. The van der Waals surface area contributed by atoms with Crippen molar-refractivity contribution in [1.82, 2.24) is 0 Å². The van der Waals surface area contributed by atoms with E-state index in [1.807, 2.05) is 42.5 Å². The largest absolute Gasteiger partial charge is 0.493 e. The molecule has 1 saturated heterocycles. The van der Waals surface area contributed by atoms with E-state index in [4.69, 9.17) is 32.1 Å². The van der Waals surface area contributed by atoms with Gasteiger partial charge in [-0.15, -0.1) is 6.42 Å². The van der Waals surface area contributed by atoms with E-state index in [0.29, 0.717) is 30.6 Å². The fourth-order valence-electron chi connectivity index (χ4n) is 2.58. The predicted octanol–water partition coefficient (Wildman–Crippen LogP) is 3.67. The lowest BCUT2D eigenvalue weighted by atomic mass is 9.76. The van der Waals surface area contributed by atoms with Crippen LogP contribution in [0.25, 0.3) is 0 Å². The Morgan fingerprint density at radius 2 is 1.96 bits per heavy atom. The second kappa shape index (κ2) is 7.53. The van der Waals surface area contributed by atoms with Gasteiger partial charge >= 0.3 is 7.12 Å². The molecule has 0 N–H and O–H groups in total. The Balaban J connectivity index is 1.65. The summed E-state index contributed by atoms with van der Waals surface area (Å²) in [6.45, 7) is 5.93. The van der Waals surface area contributed by atoms with Gasteiger partial charge in [0, 0.05) is 24.2 Å². The molecule has 128 valence electrons. The van der Waals surface area contributed by atoms with E-state index >= 15 is 0 Å². The van der Waals surface area contributed by atoms with Crippen LogP contribution in [0.2, 0.25) is 5.02 Å². The lowest BCUT2D eigenvalue weighted by molar-refractivity contribution is 0.0343. The number of halogens is 1. The van der Waals surface area contributed by atoms with E-state index in [-0.39, 0.29) is 12.5 Å². The number of terminal acetylenes is 1. The summed E-state index contributed by atoms with van der Waals surface area (Å²) in [5.41, 5.74) is 2.76. The summed E-state index contributed by atoms with van der Waals surface area (Å²) in [4.78, 5) is 0. The normalized spacial score (nSPS) is 16.3. The summed E-state index contributed by atoms with van der Waals surface area (Å²) in [5.74, 6) is 3.24. The van der Waals surface area contributed by atoms with Crippen molar-refractivity contribution < 1.29 is 14.0 Å². The minimum atomic E-state index is -0.383. The number of benzene rings is 2. The van der Waals surface area contributed by atoms with E-state index in [1.54, 1.807) is 0 Å². The first-order chi connectivity index (χ1) is 12.0. The molecule has 0 radical (unpaired) electrons. The Morgan fingerprint density at radius 1 is 1.20 bits per heavy atom. The van der Waals surface area contributed by atoms with E-state index in [9.17, 15) is 0 Å². The first-order valence-electron chi connectivity index (χ1n) is 8.18. The van der Waals surface area contributed by atoms with Gasteiger partial charge in [-0.25, -0.2) is 0 Å². The lowest BCUT2D eigenvalue weighted by Gasteiger charge is -2.33. The third kappa shape index (κ3) is 4.58. The van der Waals surface area contributed by atoms with Crippen LogP contribution in [0.15, 0.2) is 42.5 Å². The van der Waals surface area contributed by atoms with E-state index in [0.717, 1.165) is 16.6 Å². The van der Waals surface area contributed by atoms with Crippen molar-refractivity contribution in [3.63, 3.8) is 0 Å². The standard InChI is InChI=1S/C20H20BClO3/c1-4-15-6-5-7-16(10-15)12-23-19-9-8-17(11-18(19)22)21-24-13-20(2,3)14-25-21/h1,5-11H,12-14H2,2-3H3. The number of hydrogen-bond acceptors (Lipinski definition) is 3. The summed E-state index contributed by atoms with van der Waals surface area (Å²) < 4.78 is 17.4. The van der Waals surface area contributed by atoms with Gasteiger partial charge in [-0.1, -0.05) is 49.6 Å². The van der Waals surface area contributed by atoms with Gasteiger partial charge in [0.2, 0.25) is 0 Å². The summed E-state index contributed by atoms with van der Waals surface area (Å²) in [6, 6.07) is 13.3. The van der Waals surface area contributed by atoms with Crippen LogP contribution in [0.5, 0.6) is 5.75 Å². The average molecular weight is 355 g/mol. The van der Waals surface area contributed by atoms with Crippen molar-refractivity contribution in [2.45, 2.75) is 20.5 Å². The fraction of sp³-hybridized carbons (Fsp3) is 0.300. The molecule has 5 heteroatoms. The monoisotopic (exact) mass is 354 g/mol. The second-order valence-electron chi connectivity index (χ2n) is 6.94. The molecule has 1 heterocycles. The maximum Gasteiger partial charge on any atom is 0.493 e. The number of ether oxygens (including phenoxy) is 1. The molecule has 2 aromatic rings. The molecule has 25 heavy (non-hydrogen) atoms. The maximum atomic E-state index is 6.36. The van der Waals surface area contributed by atoms with E-state index in [2.05, 4.69) is 19.8 Å². The van der Waals surface area contributed by atoms with E-state index in [1.165, 1.54) is 0 Å². The molecule has 3 rings (SSSR count). The molecule has 0 unspecified atom stereocenters. The Labute approximate surface area is 154 Å². The second-order valence-corrected chi connectivity index (χ2v) is 7.35. The molecule has 0 saturated carbocycles. The first-order valence-corrected chi connectivity index (χ1v) is 8.56. The molecule has 0 aliphatic carbocycles. The maximum absolute atomic E-state index is 6.36. The molecule has 0 amide bonds.